The summed E-state index contributed by atoms with van der Waals surface area (Å²) in [6, 6.07) is 25.9. The fraction of sp³-hybridized carbons (Fsp3) is 0.281. The molecule has 0 spiro atoms. The van der Waals surface area contributed by atoms with Gasteiger partial charge in [-0.05, 0) is 66.6 Å². The summed E-state index contributed by atoms with van der Waals surface area (Å²) in [5.41, 5.74) is 12.5. The third-order valence-electron chi connectivity index (χ3n) is 7.38. The van der Waals surface area contributed by atoms with Crippen molar-refractivity contribution in [1.82, 2.24) is 10.3 Å². The summed E-state index contributed by atoms with van der Waals surface area (Å²) < 4.78 is 11.4. The van der Waals surface area contributed by atoms with Crippen molar-refractivity contribution in [3.63, 3.8) is 0 Å². The molecule has 0 radical (unpaired) electrons. The molecule has 0 fully saturated rings. The first kappa shape index (κ1) is 23.0. The number of aromatic nitrogens is 1. The minimum atomic E-state index is 0.520. The van der Waals surface area contributed by atoms with E-state index in [0.29, 0.717) is 13.2 Å². The van der Waals surface area contributed by atoms with Crippen LogP contribution < -0.4 is 10.1 Å². The summed E-state index contributed by atoms with van der Waals surface area (Å²) in [6.07, 6.45) is 4.34. The van der Waals surface area contributed by atoms with Gasteiger partial charge in [0.05, 0.1) is 18.0 Å². The maximum atomic E-state index is 6.20. The summed E-state index contributed by atoms with van der Waals surface area (Å²) in [7, 11) is 1.70. The molecule has 0 saturated carbocycles. The molecule has 1 aliphatic heterocycles. The van der Waals surface area contributed by atoms with Crippen molar-refractivity contribution in [3.8, 4) is 39.4 Å². The molecule has 182 valence electrons. The van der Waals surface area contributed by atoms with Gasteiger partial charge in [-0.2, -0.15) is 0 Å². The number of hydrogen-bond acceptors (Lipinski definition) is 4. The molecule has 0 atom stereocenters. The van der Waals surface area contributed by atoms with Crippen LogP contribution in [-0.2, 0) is 30.5 Å². The van der Waals surface area contributed by atoms with E-state index >= 15 is 0 Å². The van der Waals surface area contributed by atoms with Crippen LogP contribution in [0.4, 0.5) is 0 Å². The third-order valence-corrected chi connectivity index (χ3v) is 7.38. The number of methoxy groups -OCH3 is 1. The summed E-state index contributed by atoms with van der Waals surface area (Å²) >= 11 is 0. The standard InChI is InChI=1S/C32H32N2O2/c1-35-18-19-36-29-13-6-5-10-28(29)30-26-11-7-12-27(26)31(34-32(30)22-8-3-2-4-9-22)24-14-15-25-21-33-17-16-23(25)20-24/h2-6,8-10,13-15,20,33H,7,11-12,16-19,21H2,1H3. The maximum absolute atomic E-state index is 6.20. The number of ether oxygens (including phenoxy) is 2. The van der Waals surface area contributed by atoms with Gasteiger partial charge in [0.2, 0.25) is 0 Å². The second kappa shape index (κ2) is 10.3. The van der Waals surface area contributed by atoms with Gasteiger partial charge in [-0.15, -0.1) is 0 Å². The van der Waals surface area contributed by atoms with Gasteiger partial charge >= 0.3 is 0 Å². The fourth-order valence-corrected chi connectivity index (χ4v) is 5.65. The Morgan fingerprint density at radius 2 is 1.61 bits per heavy atom. The number of nitrogens with zero attached hydrogens (tertiary/aromatic N) is 1. The Hall–Kier alpha value is -3.47. The molecule has 1 N–H and O–H groups in total. The monoisotopic (exact) mass is 476 g/mol. The van der Waals surface area contributed by atoms with E-state index in [1.807, 2.05) is 6.07 Å². The molecule has 2 heterocycles. The highest BCUT2D eigenvalue weighted by Crippen LogP contribution is 2.45. The summed E-state index contributed by atoms with van der Waals surface area (Å²) in [5.74, 6) is 0.886. The highest BCUT2D eigenvalue weighted by Gasteiger charge is 2.27. The zero-order chi connectivity index (χ0) is 24.3. The smallest absolute Gasteiger partial charge is 0.127 e. The molecule has 2 aliphatic rings. The number of nitrogens with one attached hydrogen (secondary N) is 1. The molecule has 0 amide bonds. The second-order valence-corrected chi connectivity index (χ2v) is 9.61. The van der Waals surface area contributed by atoms with E-state index < -0.39 is 0 Å². The Kier molecular flexibility index (Phi) is 6.54. The molecule has 0 saturated heterocycles. The molecular weight excluding hydrogens is 444 g/mol. The molecule has 6 rings (SSSR count). The number of rotatable bonds is 7. The van der Waals surface area contributed by atoms with Gasteiger partial charge in [0, 0.05) is 35.9 Å². The van der Waals surface area contributed by atoms with Gasteiger partial charge in [-0.3, -0.25) is 0 Å². The summed E-state index contributed by atoms with van der Waals surface area (Å²) in [5, 5.41) is 3.49. The van der Waals surface area contributed by atoms with Crippen LogP contribution in [0.1, 0.15) is 28.7 Å². The fourth-order valence-electron chi connectivity index (χ4n) is 5.65. The van der Waals surface area contributed by atoms with Crippen molar-refractivity contribution in [2.24, 2.45) is 0 Å². The Labute approximate surface area is 213 Å². The minimum absolute atomic E-state index is 0.520. The van der Waals surface area contributed by atoms with Crippen molar-refractivity contribution in [2.45, 2.75) is 32.2 Å². The lowest BCUT2D eigenvalue weighted by molar-refractivity contribution is 0.146. The predicted octanol–water partition coefficient (Wildman–Crippen LogP) is 6.24. The van der Waals surface area contributed by atoms with E-state index in [1.165, 1.54) is 33.4 Å². The van der Waals surface area contributed by atoms with Crippen molar-refractivity contribution >= 4 is 0 Å². The number of pyridine rings is 1. The van der Waals surface area contributed by atoms with Crippen LogP contribution in [0.3, 0.4) is 0 Å². The maximum Gasteiger partial charge on any atom is 0.127 e. The SMILES string of the molecule is COCCOc1ccccc1-c1c(-c2ccccc2)nc(-c2ccc3c(c2)CCNC3)c2c1CCC2. The highest BCUT2D eigenvalue weighted by atomic mass is 16.5. The van der Waals surface area contributed by atoms with E-state index in [2.05, 4.69) is 72.0 Å². The van der Waals surface area contributed by atoms with E-state index in [9.17, 15) is 0 Å². The zero-order valence-corrected chi connectivity index (χ0v) is 20.8. The first-order chi connectivity index (χ1) is 17.8. The van der Waals surface area contributed by atoms with Crippen LogP contribution in [0.15, 0.2) is 72.8 Å². The Morgan fingerprint density at radius 3 is 2.50 bits per heavy atom. The predicted molar refractivity (Wildman–Crippen MR) is 145 cm³/mol. The molecule has 4 heteroatoms. The third kappa shape index (κ3) is 4.32. The summed E-state index contributed by atoms with van der Waals surface area (Å²) in [6.45, 7) is 3.07. The lowest BCUT2D eigenvalue weighted by Gasteiger charge is -2.22. The summed E-state index contributed by atoms with van der Waals surface area (Å²) in [4.78, 5) is 5.45. The van der Waals surface area contributed by atoms with Gasteiger partial charge < -0.3 is 14.8 Å². The lowest BCUT2D eigenvalue weighted by atomic mass is 9.89. The van der Waals surface area contributed by atoms with Crippen LogP contribution in [0.25, 0.3) is 33.6 Å². The van der Waals surface area contributed by atoms with Crippen LogP contribution in [0.5, 0.6) is 5.75 Å². The molecule has 0 unspecified atom stereocenters. The molecular formula is C32H32N2O2. The van der Waals surface area contributed by atoms with Gasteiger partial charge in [0.1, 0.15) is 12.4 Å². The minimum Gasteiger partial charge on any atom is -0.491 e. The van der Waals surface area contributed by atoms with Crippen molar-refractivity contribution in [3.05, 3.63) is 95.1 Å². The first-order valence-electron chi connectivity index (χ1n) is 13.0. The zero-order valence-electron chi connectivity index (χ0n) is 20.8. The van der Waals surface area contributed by atoms with Crippen molar-refractivity contribution in [1.29, 1.82) is 0 Å². The number of fused-ring (bicyclic) bond motifs is 2. The largest absolute Gasteiger partial charge is 0.491 e. The molecule has 1 aromatic heterocycles. The van der Waals surface area contributed by atoms with Crippen LogP contribution in [-0.4, -0.2) is 31.9 Å². The quantitative estimate of drug-likeness (QED) is 0.321. The second-order valence-electron chi connectivity index (χ2n) is 9.61. The van der Waals surface area contributed by atoms with E-state index in [0.717, 1.165) is 67.0 Å². The Morgan fingerprint density at radius 1 is 0.778 bits per heavy atom. The molecule has 36 heavy (non-hydrogen) atoms. The molecule has 0 bridgehead atoms. The van der Waals surface area contributed by atoms with Crippen molar-refractivity contribution in [2.75, 3.05) is 26.9 Å². The molecule has 1 aliphatic carbocycles. The van der Waals surface area contributed by atoms with Gasteiger partial charge in [-0.1, -0.05) is 60.7 Å². The van der Waals surface area contributed by atoms with Crippen LogP contribution in [0.2, 0.25) is 0 Å². The topological polar surface area (TPSA) is 43.4 Å². The van der Waals surface area contributed by atoms with Crippen molar-refractivity contribution < 1.29 is 9.47 Å². The van der Waals surface area contributed by atoms with Gasteiger partial charge in [0.25, 0.3) is 0 Å². The normalized spacial score (nSPS) is 14.4. The molecule has 3 aromatic carbocycles. The average Bonchev–Trinajstić information content (AvgIpc) is 3.43. The number of hydrogen-bond donors (Lipinski definition) is 1. The first-order valence-corrected chi connectivity index (χ1v) is 13.0. The average molecular weight is 477 g/mol. The van der Waals surface area contributed by atoms with Gasteiger partial charge in [0.15, 0.2) is 0 Å². The van der Waals surface area contributed by atoms with E-state index in [4.69, 9.17) is 14.5 Å². The lowest BCUT2D eigenvalue weighted by Crippen LogP contribution is -2.23. The van der Waals surface area contributed by atoms with Crippen LogP contribution >= 0.6 is 0 Å². The van der Waals surface area contributed by atoms with E-state index in [1.54, 1.807) is 7.11 Å². The number of benzene rings is 3. The van der Waals surface area contributed by atoms with Crippen LogP contribution in [0, 0.1) is 0 Å². The molecule has 4 nitrogen and oxygen atoms in total. The molecule has 4 aromatic rings. The van der Waals surface area contributed by atoms with Gasteiger partial charge in [-0.25, -0.2) is 4.98 Å². The highest BCUT2D eigenvalue weighted by molar-refractivity contribution is 5.90. The Balaban J connectivity index is 1.57. The Bertz CT molecular complexity index is 1380. The van der Waals surface area contributed by atoms with E-state index in [-0.39, 0.29) is 0 Å². The number of para-hydroxylation sites is 1.